The second-order valence-electron chi connectivity index (χ2n) is 3.27. The topological polar surface area (TPSA) is 30.9 Å². The van der Waals surface area contributed by atoms with E-state index in [2.05, 4.69) is 0 Å². The third kappa shape index (κ3) is 1.49. The number of nitrogen functional groups attached to an aromatic ring is 1. The van der Waals surface area contributed by atoms with E-state index in [0.717, 1.165) is 21.8 Å². The Bertz CT molecular complexity index is 460. The van der Waals surface area contributed by atoms with Gasteiger partial charge in [0.15, 0.2) is 0 Å². The average molecular weight is 207 g/mol. The lowest BCUT2D eigenvalue weighted by molar-refractivity contribution is 0.929. The third-order valence-corrected chi connectivity index (χ3v) is 2.48. The Balaban J connectivity index is 2.60. The van der Waals surface area contributed by atoms with E-state index in [0.29, 0.717) is 0 Å². The minimum atomic E-state index is 0.727. The molecule has 0 aliphatic rings. The Morgan fingerprint density at radius 2 is 1.86 bits per heavy atom. The Kier molecular flexibility index (Phi) is 2.22. The van der Waals surface area contributed by atoms with Crippen LogP contribution in [0.1, 0.15) is 0 Å². The number of rotatable bonds is 1. The highest BCUT2D eigenvalue weighted by Gasteiger charge is 2.07. The van der Waals surface area contributed by atoms with Gasteiger partial charge in [-0.1, -0.05) is 29.8 Å². The monoisotopic (exact) mass is 206 g/mol. The van der Waals surface area contributed by atoms with Crippen LogP contribution in [-0.4, -0.2) is 4.57 Å². The van der Waals surface area contributed by atoms with E-state index in [-0.39, 0.29) is 0 Å². The fraction of sp³-hybridized carbons (Fsp3) is 0.0909. The van der Waals surface area contributed by atoms with Gasteiger partial charge in [-0.15, -0.1) is 0 Å². The van der Waals surface area contributed by atoms with Gasteiger partial charge in [-0.3, -0.25) is 0 Å². The van der Waals surface area contributed by atoms with E-state index in [9.17, 15) is 0 Å². The number of hydrogen-bond donors (Lipinski definition) is 1. The molecule has 0 aliphatic heterocycles. The van der Waals surface area contributed by atoms with Gasteiger partial charge in [0.25, 0.3) is 0 Å². The molecule has 0 aliphatic carbocycles. The lowest BCUT2D eigenvalue weighted by Crippen LogP contribution is -1.84. The van der Waals surface area contributed by atoms with Gasteiger partial charge in [0.05, 0.1) is 5.69 Å². The molecule has 2 aromatic rings. The van der Waals surface area contributed by atoms with Gasteiger partial charge in [-0.05, 0) is 6.07 Å². The SMILES string of the molecule is Cn1cc(N)c(-c2ccccc2Cl)c1. The zero-order chi connectivity index (χ0) is 10.1. The molecule has 2 rings (SSSR count). The van der Waals surface area contributed by atoms with Crippen molar-refractivity contribution >= 4 is 17.3 Å². The third-order valence-electron chi connectivity index (χ3n) is 2.15. The minimum Gasteiger partial charge on any atom is -0.397 e. The first-order valence-electron chi connectivity index (χ1n) is 4.35. The van der Waals surface area contributed by atoms with Crippen LogP contribution in [0.25, 0.3) is 11.1 Å². The molecule has 1 heterocycles. The molecular formula is C11H11ClN2. The maximum atomic E-state index is 6.08. The van der Waals surface area contributed by atoms with Gasteiger partial charge >= 0.3 is 0 Å². The van der Waals surface area contributed by atoms with Crippen molar-refractivity contribution in [2.45, 2.75) is 0 Å². The zero-order valence-corrected chi connectivity index (χ0v) is 8.62. The highest BCUT2D eigenvalue weighted by Crippen LogP contribution is 2.31. The summed E-state index contributed by atoms with van der Waals surface area (Å²) in [7, 11) is 1.94. The molecule has 1 aromatic heterocycles. The van der Waals surface area contributed by atoms with Crippen LogP contribution >= 0.6 is 11.6 Å². The van der Waals surface area contributed by atoms with Crippen molar-refractivity contribution in [3.8, 4) is 11.1 Å². The lowest BCUT2D eigenvalue weighted by Gasteiger charge is -2.01. The number of aryl methyl sites for hydroxylation is 1. The van der Waals surface area contributed by atoms with Crippen LogP contribution < -0.4 is 5.73 Å². The summed E-state index contributed by atoms with van der Waals surface area (Å²) in [6.45, 7) is 0. The summed E-state index contributed by atoms with van der Waals surface area (Å²) in [4.78, 5) is 0. The van der Waals surface area contributed by atoms with Gasteiger partial charge in [0.1, 0.15) is 0 Å². The number of halogens is 1. The molecule has 0 atom stereocenters. The second-order valence-corrected chi connectivity index (χ2v) is 3.68. The fourth-order valence-corrected chi connectivity index (χ4v) is 1.75. The van der Waals surface area contributed by atoms with E-state index in [1.54, 1.807) is 0 Å². The molecule has 0 unspecified atom stereocenters. The Morgan fingerprint density at radius 3 is 2.43 bits per heavy atom. The maximum Gasteiger partial charge on any atom is 0.0574 e. The van der Waals surface area contributed by atoms with Crippen LogP contribution in [0.5, 0.6) is 0 Å². The molecule has 1 aromatic carbocycles. The second kappa shape index (κ2) is 3.39. The standard InChI is InChI=1S/C11H11ClN2/c1-14-6-9(11(13)7-14)8-4-2-3-5-10(8)12/h2-7H,13H2,1H3. The van der Waals surface area contributed by atoms with E-state index in [1.807, 2.05) is 48.3 Å². The molecule has 3 heteroatoms. The number of benzene rings is 1. The maximum absolute atomic E-state index is 6.08. The summed E-state index contributed by atoms with van der Waals surface area (Å²) in [5.74, 6) is 0. The van der Waals surface area contributed by atoms with E-state index < -0.39 is 0 Å². The predicted molar refractivity (Wildman–Crippen MR) is 60.3 cm³/mol. The largest absolute Gasteiger partial charge is 0.397 e. The van der Waals surface area contributed by atoms with Crippen LogP contribution in [0.3, 0.4) is 0 Å². The van der Waals surface area contributed by atoms with E-state index in [1.165, 1.54) is 0 Å². The van der Waals surface area contributed by atoms with Gasteiger partial charge < -0.3 is 10.3 Å². The summed E-state index contributed by atoms with van der Waals surface area (Å²) < 4.78 is 1.92. The number of aromatic nitrogens is 1. The summed E-state index contributed by atoms with van der Waals surface area (Å²) >= 11 is 6.08. The molecule has 0 saturated carbocycles. The quantitative estimate of drug-likeness (QED) is 0.764. The van der Waals surface area contributed by atoms with Crippen molar-refractivity contribution < 1.29 is 0 Å². The number of nitrogens with two attached hydrogens (primary N) is 1. The van der Waals surface area contributed by atoms with Crippen LogP contribution in [0.4, 0.5) is 5.69 Å². The van der Waals surface area contributed by atoms with Gasteiger partial charge in [0, 0.05) is 35.6 Å². The number of nitrogens with zero attached hydrogens (tertiary/aromatic N) is 1. The van der Waals surface area contributed by atoms with E-state index >= 15 is 0 Å². The summed E-state index contributed by atoms with van der Waals surface area (Å²) in [5, 5.41) is 0.727. The molecule has 0 saturated heterocycles. The summed E-state index contributed by atoms with van der Waals surface area (Å²) in [5.41, 5.74) is 8.58. The number of hydrogen-bond acceptors (Lipinski definition) is 1. The first-order valence-corrected chi connectivity index (χ1v) is 4.72. The van der Waals surface area contributed by atoms with Crippen molar-refractivity contribution in [1.29, 1.82) is 0 Å². The fourth-order valence-electron chi connectivity index (χ4n) is 1.51. The first kappa shape index (κ1) is 9.16. The molecule has 0 amide bonds. The molecule has 0 bridgehead atoms. The Morgan fingerprint density at radius 1 is 1.14 bits per heavy atom. The molecule has 72 valence electrons. The number of anilines is 1. The van der Waals surface area contributed by atoms with Crippen molar-refractivity contribution in [1.82, 2.24) is 4.57 Å². The molecule has 0 radical (unpaired) electrons. The van der Waals surface area contributed by atoms with Crippen molar-refractivity contribution in [2.24, 2.45) is 7.05 Å². The van der Waals surface area contributed by atoms with Crippen LogP contribution in [0, 0.1) is 0 Å². The highest BCUT2D eigenvalue weighted by molar-refractivity contribution is 6.33. The average Bonchev–Trinajstić information content (AvgIpc) is 2.46. The first-order chi connectivity index (χ1) is 6.68. The highest BCUT2D eigenvalue weighted by atomic mass is 35.5. The van der Waals surface area contributed by atoms with Crippen LogP contribution in [0.2, 0.25) is 5.02 Å². The molecule has 2 nitrogen and oxygen atoms in total. The molecule has 14 heavy (non-hydrogen) atoms. The van der Waals surface area contributed by atoms with Gasteiger partial charge in [-0.25, -0.2) is 0 Å². The van der Waals surface area contributed by atoms with Crippen molar-refractivity contribution in [3.63, 3.8) is 0 Å². The minimum absolute atomic E-state index is 0.727. The lowest BCUT2D eigenvalue weighted by atomic mass is 10.1. The Labute approximate surface area is 87.9 Å². The smallest absolute Gasteiger partial charge is 0.0574 e. The molecule has 2 N–H and O–H groups in total. The van der Waals surface area contributed by atoms with Crippen molar-refractivity contribution in [3.05, 3.63) is 41.7 Å². The molecule has 0 spiro atoms. The normalized spacial score (nSPS) is 10.4. The van der Waals surface area contributed by atoms with Crippen molar-refractivity contribution in [2.75, 3.05) is 5.73 Å². The predicted octanol–water partition coefficient (Wildman–Crippen LogP) is 2.93. The molecule has 0 fully saturated rings. The molecular weight excluding hydrogens is 196 g/mol. The summed E-state index contributed by atoms with van der Waals surface area (Å²) in [6, 6.07) is 7.69. The zero-order valence-electron chi connectivity index (χ0n) is 7.87. The van der Waals surface area contributed by atoms with Gasteiger partial charge in [-0.2, -0.15) is 0 Å². The van der Waals surface area contributed by atoms with Crippen LogP contribution in [0.15, 0.2) is 36.7 Å². The summed E-state index contributed by atoms with van der Waals surface area (Å²) in [6.07, 6.45) is 3.84. The Hall–Kier alpha value is -1.41. The van der Waals surface area contributed by atoms with Gasteiger partial charge in [0.2, 0.25) is 0 Å². The van der Waals surface area contributed by atoms with Crippen LogP contribution in [-0.2, 0) is 7.05 Å². The van der Waals surface area contributed by atoms with E-state index in [4.69, 9.17) is 17.3 Å².